The standard InChI is InChI=1S/C14H11F3O2/c1-9-4-2-3-5-13(9)10-6-11(18)8-12(7-10)19-14(15,16)17/h2-8,18H,1H3. The van der Waals surface area contributed by atoms with Crippen molar-refractivity contribution >= 4 is 0 Å². The number of aromatic hydroxyl groups is 1. The fourth-order valence-corrected chi connectivity index (χ4v) is 1.83. The first-order chi connectivity index (χ1) is 8.85. The van der Waals surface area contributed by atoms with E-state index in [1.54, 1.807) is 12.1 Å². The number of ether oxygens (including phenoxy) is 1. The minimum Gasteiger partial charge on any atom is -0.508 e. The van der Waals surface area contributed by atoms with E-state index in [0.29, 0.717) is 5.56 Å². The van der Waals surface area contributed by atoms with Gasteiger partial charge in [-0.15, -0.1) is 13.2 Å². The van der Waals surface area contributed by atoms with Crippen molar-refractivity contribution in [2.24, 2.45) is 0 Å². The molecular weight excluding hydrogens is 257 g/mol. The first-order valence-corrected chi connectivity index (χ1v) is 5.51. The lowest BCUT2D eigenvalue weighted by atomic mass is 10.0. The van der Waals surface area contributed by atoms with Crippen LogP contribution in [0, 0.1) is 6.92 Å². The Bertz CT molecular complexity index is 591. The van der Waals surface area contributed by atoms with E-state index in [9.17, 15) is 18.3 Å². The van der Waals surface area contributed by atoms with Gasteiger partial charge >= 0.3 is 6.36 Å². The van der Waals surface area contributed by atoms with Crippen molar-refractivity contribution in [1.82, 2.24) is 0 Å². The van der Waals surface area contributed by atoms with Crippen LogP contribution in [0.5, 0.6) is 11.5 Å². The maximum absolute atomic E-state index is 12.2. The lowest BCUT2D eigenvalue weighted by Gasteiger charge is -2.12. The van der Waals surface area contributed by atoms with Gasteiger partial charge in [0.2, 0.25) is 0 Å². The van der Waals surface area contributed by atoms with Gasteiger partial charge in [-0.3, -0.25) is 0 Å². The topological polar surface area (TPSA) is 29.5 Å². The maximum atomic E-state index is 12.2. The molecule has 2 aromatic rings. The number of aryl methyl sites for hydroxylation is 1. The maximum Gasteiger partial charge on any atom is 0.573 e. The van der Waals surface area contributed by atoms with Gasteiger partial charge in [-0.25, -0.2) is 0 Å². The summed E-state index contributed by atoms with van der Waals surface area (Å²) in [6, 6.07) is 10.8. The molecule has 0 saturated heterocycles. The van der Waals surface area contributed by atoms with Crippen LogP contribution in [0.15, 0.2) is 42.5 Å². The van der Waals surface area contributed by atoms with Crippen LogP contribution >= 0.6 is 0 Å². The largest absolute Gasteiger partial charge is 0.573 e. The predicted molar refractivity (Wildman–Crippen MR) is 65.0 cm³/mol. The van der Waals surface area contributed by atoms with Gasteiger partial charge < -0.3 is 9.84 Å². The monoisotopic (exact) mass is 268 g/mol. The number of halogens is 3. The molecule has 0 aliphatic rings. The molecule has 2 rings (SSSR count). The van der Waals surface area contributed by atoms with Crippen molar-refractivity contribution in [3.05, 3.63) is 48.0 Å². The van der Waals surface area contributed by atoms with Crippen LogP contribution in [0.1, 0.15) is 5.56 Å². The van der Waals surface area contributed by atoms with Crippen LogP contribution in [0.2, 0.25) is 0 Å². The van der Waals surface area contributed by atoms with Crippen LogP contribution in [-0.2, 0) is 0 Å². The molecule has 5 heteroatoms. The number of hydrogen-bond donors (Lipinski definition) is 1. The van der Waals surface area contributed by atoms with Crippen molar-refractivity contribution in [2.45, 2.75) is 13.3 Å². The average molecular weight is 268 g/mol. The fraction of sp³-hybridized carbons (Fsp3) is 0.143. The van der Waals surface area contributed by atoms with Crippen molar-refractivity contribution in [3.8, 4) is 22.6 Å². The smallest absolute Gasteiger partial charge is 0.508 e. The Hall–Kier alpha value is -2.17. The van der Waals surface area contributed by atoms with Crippen molar-refractivity contribution in [2.75, 3.05) is 0 Å². The highest BCUT2D eigenvalue weighted by atomic mass is 19.4. The third kappa shape index (κ3) is 3.40. The Morgan fingerprint density at radius 2 is 1.74 bits per heavy atom. The Kier molecular flexibility index (Phi) is 3.38. The molecule has 2 nitrogen and oxygen atoms in total. The van der Waals surface area contributed by atoms with Crippen molar-refractivity contribution < 1.29 is 23.0 Å². The third-order valence-corrected chi connectivity index (χ3v) is 2.58. The number of phenolic OH excluding ortho intramolecular Hbond substituents is 1. The highest BCUT2D eigenvalue weighted by molar-refractivity contribution is 5.70. The zero-order valence-corrected chi connectivity index (χ0v) is 10.0. The minimum absolute atomic E-state index is 0.278. The van der Waals surface area contributed by atoms with Gasteiger partial charge in [0, 0.05) is 6.07 Å². The predicted octanol–water partition coefficient (Wildman–Crippen LogP) is 4.27. The molecule has 19 heavy (non-hydrogen) atoms. The SMILES string of the molecule is Cc1ccccc1-c1cc(O)cc(OC(F)(F)F)c1. The molecule has 0 aromatic heterocycles. The molecular formula is C14H11F3O2. The third-order valence-electron chi connectivity index (χ3n) is 2.58. The molecule has 0 aliphatic carbocycles. The first kappa shape index (κ1) is 13.3. The fourth-order valence-electron chi connectivity index (χ4n) is 1.83. The molecule has 2 aromatic carbocycles. The average Bonchev–Trinajstić information content (AvgIpc) is 2.26. The second kappa shape index (κ2) is 4.84. The summed E-state index contributed by atoms with van der Waals surface area (Å²) in [5.74, 6) is -0.717. The second-order valence-corrected chi connectivity index (χ2v) is 4.08. The zero-order valence-electron chi connectivity index (χ0n) is 10.0. The summed E-state index contributed by atoms with van der Waals surface area (Å²) >= 11 is 0. The molecule has 0 bridgehead atoms. The van der Waals surface area contributed by atoms with E-state index < -0.39 is 12.1 Å². The van der Waals surface area contributed by atoms with Gasteiger partial charge in [0.05, 0.1) is 0 Å². The van der Waals surface area contributed by atoms with Crippen LogP contribution in [0.25, 0.3) is 11.1 Å². The highest BCUT2D eigenvalue weighted by Crippen LogP contribution is 2.33. The zero-order chi connectivity index (χ0) is 14.0. The van der Waals surface area contributed by atoms with Gasteiger partial charge in [-0.2, -0.15) is 0 Å². The van der Waals surface area contributed by atoms with Gasteiger partial charge in [-0.1, -0.05) is 24.3 Å². The molecule has 0 aliphatic heterocycles. The molecule has 0 spiro atoms. The van der Waals surface area contributed by atoms with Crippen molar-refractivity contribution in [1.29, 1.82) is 0 Å². The molecule has 100 valence electrons. The lowest BCUT2D eigenvalue weighted by Crippen LogP contribution is -2.17. The van der Waals surface area contributed by atoms with Crippen LogP contribution < -0.4 is 4.74 Å². The van der Waals surface area contributed by atoms with E-state index in [-0.39, 0.29) is 5.75 Å². The minimum atomic E-state index is -4.78. The molecule has 0 atom stereocenters. The quantitative estimate of drug-likeness (QED) is 0.881. The molecule has 0 unspecified atom stereocenters. The Morgan fingerprint density at radius 3 is 2.37 bits per heavy atom. The van der Waals surface area contributed by atoms with E-state index in [1.165, 1.54) is 12.1 Å². The summed E-state index contributed by atoms with van der Waals surface area (Å²) < 4.78 is 40.4. The van der Waals surface area contributed by atoms with Gasteiger partial charge in [0.25, 0.3) is 0 Å². The van der Waals surface area contributed by atoms with E-state index >= 15 is 0 Å². The summed E-state index contributed by atoms with van der Waals surface area (Å²) in [7, 11) is 0. The Morgan fingerprint density at radius 1 is 1.05 bits per heavy atom. The van der Waals surface area contributed by atoms with Crippen LogP contribution in [0.3, 0.4) is 0 Å². The van der Waals surface area contributed by atoms with Gasteiger partial charge in [0.1, 0.15) is 11.5 Å². The molecule has 0 amide bonds. The molecule has 0 fully saturated rings. The number of hydrogen-bond acceptors (Lipinski definition) is 2. The van der Waals surface area contributed by atoms with E-state index in [4.69, 9.17) is 0 Å². The number of benzene rings is 2. The first-order valence-electron chi connectivity index (χ1n) is 5.51. The Labute approximate surface area is 108 Å². The molecule has 0 heterocycles. The summed E-state index contributed by atoms with van der Waals surface area (Å²) in [6.45, 7) is 1.84. The van der Waals surface area contributed by atoms with E-state index in [0.717, 1.165) is 17.2 Å². The summed E-state index contributed by atoms with van der Waals surface area (Å²) in [6.07, 6.45) is -4.78. The molecule has 1 N–H and O–H groups in total. The normalized spacial score (nSPS) is 11.4. The summed E-state index contributed by atoms with van der Waals surface area (Å²) in [5.41, 5.74) is 2.11. The van der Waals surface area contributed by atoms with Crippen LogP contribution in [-0.4, -0.2) is 11.5 Å². The summed E-state index contributed by atoms with van der Waals surface area (Å²) in [5, 5.41) is 9.50. The number of alkyl halides is 3. The van der Waals surface area contributed by atoms with E-state index in [2.05, 4.69) is 4.74 Å². The van der Waals surface area contributed by atoms with Gasteiger partial charge in [-0.05, 0) is 35.7 Å². The van der Waals surface area contributed by atoms with E-state index in [1.807, 2.05) is 19.1 Å². The number of phenols is 1. The van der Waals surface area contributed by atoms with Crippen molar-refractivity contribution in [3.63, 3.8) is 0 Å². The molecule has 0 saturated carbocycles. The number of rotatable bonds is 2. The highest BCUT2D eigenvalue weighted by Gasteiger charge is 2.31. The second-order valence-electron chi connectivity index (χ2n) is 4.08. The summed E-state index contributed by atoms with van der Waals surface area (Å²) in [4.78, 5) is 0. The lowest BCUT2D eigenvalue weighted by molar-refractivity contribution is -0.274. The van der Waals surface area contributed by atoms with Gasteiger partial charge in [0.15, 0.2) is 0 Å². The van der Waals surface area contributed by atoms with Crippen LogP contribution in [0.4, 0.5) is 13.2 Å². The molecule has 0 radical (unpaired) electrons. The Balaban J connectivity index is 2.45.